The van der Waals surface area contributed by atoms with Gasteiger partial charge in [-0.05, 0) is 36.4 Å². The molecule has 7 heteroatoms. The standard InChI is InChI=1S/C13H9F3N2O2/c14-13(15,16)20-12-4-2-1-3-11(12)18-17-9-5-7-10(19)8-6-9/h1-8,19H. The molecule has 0 amide bonds. The van der Waals surface area contributed by atoms with E-state index < -0.39 is 12.1 Å². The van der Waals surface area contributed by atoms with Crippen LogP contribution in [0.5, 0.6) is 11.5 Å². The molecular weight excluding hydrogens is 273 g/mol. The van der Waals surface area contributed by atoms with Gasteiger partial charge in [-0.1, -0.05) is 12.1 Å². The van der Waals surface area contributed by atoms with Gasteiger partial charge < -0.3 is 9.84 Å². The Morgan fingerprint density at radius 2 is 1.55 bits per heavy atom. The van der Waals surface area contributed by atoms with Crippen LogP contribution in [-0.2, 0) is 0 Å². The molecule has 0 aliphatic heterocycles. The van der Waals surface area contributed by atoms with Gasteiger partial charge in [-0.25, -0.2) is 0 Å². The lowest BCUT2D eigenvalue weighted by atomic mass is 10.3. The molecule has 0 fully saturated rings. The third-order valence-corrected chi connectivity index (χ3v) is 2.21. The number of alkyl halides is 3. The fourth-order valence-electron chi connectivity index (χ4n) is 1.38. The van der Waals surface area contributed by atoms with E-state index in [2.05, 4.69) is 15.0 Å². The van der Waals surface area contributed by atoms with Crippen LogP contribution in [0.4, 0.5) is 24.5 Å². The summed E-state index contributed by atoms with van der Waals surface area (Å²) in [5.74, 6) is -0.368. The first-order valence-corrected chi connectivity index (χ1v) is 5.49. The van der Waals surface area contributed by atoms with E-state index in [0.717, 1.165) is 6.07 Å². The number of hydrogen-bond donors (Lipinski definition) is 1. The van der Waals surface area contributed by atoms with Crippen LogP contribution in [0.2, 0.25) is 0 Å². The number of rotatable bonds is 3. The van der Waals surface area contributed by atoms with Crippen LogP contribution in [0.3, 0.4) is 0 Å². The normalized spacial score (nSPS) is 11.8. The molecule has 0 heterocycles. The first kappa shape index (κ1) is 13.9. The van der Waals surface area contributed by atoms with Crippen LogP contribution in [-0.4, -0.2) is 11.5 Å². The van der Waals surface area contributed by atoms with Crippen molar-refractivity contribution in [3.05, 3.63) is 48.5 Å². The second-order valence-electron chi connectivity index (χ2n) is 3.73. The number of phenols is 1. The van der Waals surface area contributed by atoms with Crippen LogP contribution in [0.1, 0.15) is 0 Å². The predicted molar refractivity (Wildman–Crippen MR) is 65.4 cm³/mol. The Bertz CT molecular complexity index is 610. The second-order valence-corrected chi connectivity index (χ2v) is 3.73. The molecule has 4 nitrogen and oxygen atoms in total. The average molecular weight is 282 g/mol. The lowest BCUT2D eigenvalue weighted by molar-refractivity contribution is -0.274. The van der Waals surface area contributed by atoms with Crippen LogP contribution in [0.15, 0.2) is 58.8 Å². The summed E-state index contributed by atoms with van der Waals surface area (Å²) in [6, 6.07) is 11.2. The molecule has 2 aromatic rings. The minimum atomic E-state index is -4.79. The Kier molecular flexibility index (Phi) is 3.88. The molecule has 2 aromatic carbocycles. The Labute approximate surface area is 112 Å². The molecule has 0 aromatic heterocycles. The quantitative estimate of drug-likeness (QED) is 0.829. The summed E-state index contributed by atoms with van der Waals surface area (Å²) in [4.78, 5) is 0. The van der Waals surface area contributed by atoms with Crippen molar-refractivity contribution in [2.24, 2.45) is 10.2 Å². The molecule has 0 radical (unpaired) electrons. The SMILES string of the molecule is Oc1ccc(N=Nc2ccccc2OC(F)(F)F)cc1. The number of hydrogen-bond acceptors (Lipinski definition) is 4. The fourth-order valence-corrected chi connectivity index (χ4v) is 1.38. The van der Waals surface area contributed by atoms with E-state index in [4.69, 9.17) is 5.11 Å². The number of aromatic hydroxyl groups is 1. The summed E-state index contributed by atoms with van der Waals surface area (Å²) in [5.41, 5.74) is 0.350. The number of nitrogens with zero attached hydrogens (tertiary/aromatic N) is 2. The van der Waals surface area contributed by atoms with E-state index in [9.17, 15) is 13.2 Å². The van der Waals surface area contributed by atoms with E-state index in [1.807, 2.05) is 0 Å². The summed E-state index contributed by atoms with van der Waals surface area (Å²) >= 11 is 0. The first-order chi connectivity index (χ1) is 9.44. The third-order valence-electron chi connectivity index (χ3n) is 2.21. The van der Waals surface area contributed by atoms with E-state index in [1.54, 1.807) is 0 Å². The van der Waals surface area contributed by atoms with Crippen molar-refractivity contribution in [2.75, 3.05) is 0 Å². The van der Waals surface area contributed by atoms with Crippen molar-refractivity contribution in [3.63, 3.8) is 0 Å². The van der Waals surface area contributed by atoms with Gasteiger partial charge in [0.2, 0.25) is 0 Å². The van der Waals surface area contributed by atoms with Crippen molar-refractivity contribution in [2.45, 2.75) is 6.36 Å². The van der Waals surface area contributed by atoms with E-state index >= 15 is 0 Å². The summed E-state index contributed by atoms with van der Waals surface area (Å²) in [5, 5.41) is 16.6. The van der Waals surface area contributed by atoms with Gasteiger partial charge in [0, 0.05) is 0 Å². The maximum atomic E-state index is 12.2. The molecule has 1 N–H and O–H groups in total. The minimum Gasteiger partial charge on any atom is -0.508 e. The lowest BCUT2D eigenvalue weighted by Crippen LogP contribution is -2.17. The largest absolute Gasteiger partial charge is 0.573 e. The van der Waals surface area contributed by atoms with Gasteiger partial charge in [0.25, 0.3) is 0 Å². The molecule has 0 aliphatic rings. The van der Waals surface area contributed by atoms with Gasteiger partial charge in [-0.15, -0.1) is 18.3 Å². The van der Waals surface area contributed by atoms with Crippen molar-refractivity contribution in [3.8, 4) is 11.5 Å². The molecule has 104 valence electrons. The highest BCUT2D eigenvalue weighted by molar-refractivity contribution is 5.51. The smallest absolute Gasteiger partial charge is 0.508 e. The zero-order valence-electron chi connectivity index (χ0n) is 10.0. The molecule has 0 unspecified atom stereocenters. The molecular formula is C13H9F3N2O2. The number of azo groups is 1. The molecule has 2 rings (SSSR count). The molecule has 0 saturated carbocycles. The van der Waals surface area contributed by atoms with Crippen LogP contribution in [0.25, 0.3) is 0 Å². The Balaban J connectivity index is 2.22. The van der Waals surface area contributed by atoms with Crippen LogP contribution >= 0.6 is 0 Å². The van der Waals surface area contributed by atoms with E-state index in [0.29, 0.717) is 5.69 Å². The van der Waals surface area contributed by atoms with E-state index in [-0.39, 0.29) is 11.4 Å². The van der Waals surface area contributed by atoms with Gasteiger partial charge in [-0.2, -0.15) is 5.11 Å². The number of ether oxygens (including phenoxy) is 1. The molecule has 0 spiro atoms. The highest BCUT2D eigenvalue weighted by atomic mass is 19.4. The van der Waals surface area contributed by atoms with Crippen LogP contribution in [0, 0.1) is 0 Å². The van der Waals surface area contributed by atoms with Crippen LogP contribution < -0.4 is 4.74 Å². The number of halogens is 3. The summed E-state index contributed by atoms with van der Waals surface area (Å²) in [6.45, 7) is 0. The Morgan fingerprint density at radius 3 is 2.20 bits per heavy atom. The zero-order chi connectivity index (χ0) is 14.6. The van der Waals surface area contributed by atoms with Gasteiger partial charge >= 0.3 is 6.36 Å². The maximum absolute atomic E-state index is 12.2. The van der Waals surface area contributed by atoms with Gasteiger partial charge in [0.05, 0.1) is 5.69 Å². The zero-order valence-corrected chi connectivity index (χ0v) is 10.0. The highest BCUT2D eigenvalue weighted by Crippen LogP contribution is 2.33. The predicted octanol–water partition coefficient (Wildman–Crippen LogP) is 4.71. The molecule has 0 bridgehead atoms. The second kappa shape index (κ2) is 5.60. The van der Waals surface area contributed by atoms with Gasteiger partial charge in [0.15, 0.2) is 5.75 Å². The van der Waals surface area contributed by atoms with Gasteiger partial charge in [-0.3, -0.25) is 0 Å². The van der Waals surface area contributed by atoms with Crippen molar-refractivity contribution >= 4 is 11.4 Å². The topological polar surface area (TPSA) is 54.2 Å². The third kappa shape index (κ3) is 3.98. The number of phenolic OH excluding ortho intramolecular Hbond substituents is 1. The highest BCUT2D eigenvalue weighted by Gasteiger charge is 2.32. The Morgan fingerprint density at radius 1 is 0.900 bits per heavy atom. The molecule has 0 saturated heterocycles. The number of para-hydroxylation sites is 1. The first-order valence-electron chi connectivity index (χ1n) is 5.49. The summed E-state index contributed by atoms with van der Waals surface area (Å²) in [6.07, 6.45) is -4.79. The summed E-state index contributed by atoms with van der Waals surface area (Å²) in [7, 11) is 0. The monoisotopic (exact) mass is 282 g/mol. The lowest BCUT2D eigenvalue weighted by Gasteiger charge is -2.09. The Hall–Kier alpha value is -2.57. The van der Waals surface area contributed by atoms with Crippen molar-refractivity contribution in [1.82, 2.24) is 0 Å². The maximum Gasteiger partial charge on any atom is 0.573 e. The molecule has 20 heavy (non-hydrogen) atoms. The van der Waals surface area contributed by atoms with Crippen molar-refractivity contribution in [1.29, 1.82) is 0 Å². The van der Waals surface area contributed by atoms with E-state index in [1.165, 1.54) is 42.5 Å². The van der Waals surface area contributed by atoms with Gasteiger partial charge in [0.1, 0.15) is 11.4 Å². The fraction of sp³-hybridized carbons (Fsp3) is 0.0769. The minimum absolute atomic E-state index is 0.0436. The molecule has 0 aliphatic carbocycles. The average Bonchev–Trinajstić information content (AvgIpc) is 2.38. The molecule has 0 atom stereocenters. The van der Waals surface area contributed by atoms with Crippen molar-refractivity contribution < 1.29 is 23.0 Å². The summed E-state index contributed by atoms with van der Waals surface area (Å²) < 4.78 is 40.5. The number of benzene rings is 2.